The topological polar surface area (TPSA) is 72.0 Å². The predicted octanol–water partition coefficient (Wildman–Crippen LogP) is 0.167. The summed E-state index contributed by atoms with van der Waals surface area (Å²) < 4.78 is 0. The van der Waals surface area contributed by atoms with Crippen LogP contribution in [0.4, 0.5) is 0 Å². The molecule has 1 heterocycles. The van der Waals surface area contributed by atoms with Crippen LogP contribution in [-0.2, 0) is 0 Å². The van der Waals surface area contributed by atoms with E-state index in [0.29, 0.717) is 18.7 Å². The van der Waals surface area contributed by atoms with E-state index >= 15 is 0 Å². The van der Waals surface area contributed by atoms with Crippen molar-refractivity contribution < 1.29 is 5.11 Å². The molecule has 0 saturated heterocycles. The van der Waals surface area contributed by atoms with Crippen LogP contribution in [-0.4, -0.2) is 21.6 Å². The second-order valence-electron chi connectivity index (χ2n) is 2.68. The van der Waals surface area contributed by atoms with Crippen molar-refractivity contribution in [1.82, 2.24) is 9.97 Å². The quantitative estimate of drug-likeness (QED) is 0.673. The number of aromatic nitrogens is 2. The minimum Gasteiger partial charge on any atom is -0.387 e. The summed E-state index contributed by atoms with van der Waals surface area (Å²) in [7, 11) is 0. The zero-order valence-electron chi connectivity index (χ0n) is 7.07. The molecule has 0 aromatic carbocycles. The van der Waals surface area contributed by atoms with Crippen LogP contribution in [0.15, 0.2) is 12.4 Å². The molecule has 0 bridgehead atoms. The average molecular weight is 167 g/mol. The van der Waals surface area contributed by atoms with Crippen LogP contribution in [0.2, 0.25) is 0 Å². The fraction of sp³-hybridized carbons (Fsp3) is 0.500. The van der Waals surface area contributed by atoms with Crippen LogP contribution < -0.4 is 5.73 Å². The number of nitrogens with two attached hydrogens (primary N) is 1. The molecule has 0 radical (unpaired) electrons. The SMILES string of the molecule is Cc1cnc([C@H](O)CCN)cn1. The van der Waals surface area contributed by atoms with E-state index in [0.717, 1.165) is 5.69 Å². The Kier molecular flexibility index (Phi) is 3.13. The zero-order chi connectivity index (χ0) is 8.97. The summed E-state index contributed by atoms with van der Waals surface area (Å²) in [6, 6.07) is 0. The molecule has 0 aliphatic heterocycles. The molecule has 0 fully saturated rings. The summed E-state index contributed by atoms with van der Waals surface area (Å²) in [6.07, 6.45) is 3.16. The van der Waals surface area contributed by atoms with Crippen molar-refractivity contribution >= 4 is 0 Å². The second-order valence-corrected chi connectivity index (χ2v) is 2.68. The van der Waals surface area contributed by atoms with Gasteiger partial charge in [0.2, 0.25) is 0 Å². The molecule has 1 aromatic rings. The lowest BCUT2D eigenvalue weighted by Crippen LogP contribution is -2.08. The molecule has 0 aliphatic rings. The van der Waals surface area contributed by atoms with Gasteiger partial charge in [0.25, 0.3) is 0 Å². The van der Waals surface area contributed by atoms with Gasteiger partial charge in [-0.1, -0.05) is 0 Å². The molecule has 0 amide bonds. The first kappa shape index (κ1) is 9.09. The van der Waals surface area contributed by atoms with E-state index in [1.165, 1.54) is 0 Å². The minimum atomic E-state index is -0.580. The lowest BCUT2D eigenvalue weighted by atomic mass is 10.2. The van der Waals surface area contributed by atoms with Crippen molar-refractivity contribution in [2.75, 3.05) is 6.54 Å². The first-order chi connectivity index (χ1) is 5.74. The van der Waals surface area contributed by atoms with Crippen LogP contribution in [0.3, 0.4) is 0 Å². The molecule has 12 heavy (non-hydrogen) atoms. The molecule has 66 valence electrons. The van der Waals surface area contributed by atoms with Crippen molar-refractivity contribution in [3.05, 3.63) is 23.8 Å². The van der Waals surface area contributed by atoms with Gasteiger partial charge in [0.1, 0.15) is 0 Å². The number of nitrogens with zero attached hydrogens (tertiary/aromatic N) is 2. The summed E-state index contributed by atoms with van der Waals surface area (Å²) in [5, 5.41) is 9.43. The number of aliphatic hydroxyl groups excluding tert-OH is 1. The third-order valence-electron chi connectivity index (χ3n) is 1.58. The summed E-state index contributed by atoms with van der Waals surface area (Å²) in [4.78, 5) is 8.05. The van der Waals surface area contributed by atoms with E-state index in [-0.39, 0.29) is 0 Å². The second kappa shape index (κ2) is 4.13. The first-order valence-electron chi connectivity index (χ1n) is 3.90. The van der Waals surface area contributed by atoms with Gasteiger partial charge in [0.05, 0.1) is 23.7 Å². The summed E-state index contributed by atoms with van der Waals surface area (Å²) in [5.74, 6) is 0. The highest BCUT2D eigenvalue weighted by Gasteiger charge is 2.06. The molecule has 3 N–H and O–H groups in total. The fourth-order valence-corrected chi connectivity index (χ4v) is 0.880. The third-order valence-corrected chi connectivity index (χ3v) is 1.58. The summed E-state index contributed by atoms with van der Waals surface area (Å²) in [5.41, 5.74) is 6.72. The van der Waals surface area contributed by atoms with E-state index in [9.17, 15) is 5.11 Å². The molecular formula is C8H13N3O. The average Bonchev–Trinajstić information content (AvgIpc) is 2.06. The van der Waals surface area contributed by atoms with Crippen molar-refractivity contribution in [2.24, 2.45) is 5.73 Å². The Labute approximate surface area is 71.5 Å². The Balaban J connectivity index is 2.68. The van der Waals surface area contributed by atoms with Crippen LogP contribution in [0.25, 0.3) is 0 Å². The highest BCUT2D eigenvalue weighted by Crippen LogP contribution is 2.11. The Morgan fingerprint density at radius 1 is 1.50 bits per heavy atom. The number of aryl methyl sites for hydroxylation is 1. The van der Waals surface area contributed by atoms with Crippen LogP contribution in [0.1, 0.15) is 23.9 Å². The highest BCUT2D eigenvalue weighted by molar-refractivity contribution is 5.03. The smallest absolute Gasteiger partial charge is 0.0987 e. The third kappa shape index (κ3) is 2.25. The van der Waals surface area contributed by atoms with Gasteiger partial charge >= 0.3 is 0 Å². The van der Waals surface area contributed by atoms with Gasteiger partial charge in [-0.05, 0) is 19.9 Å². The Morgan fingerprint density at radius 2 is 2.25 bits per heavy atom. The van der Waals surface area contributed by atoms with Crippen LogP contribution in [0.5, 0.6) is 0 Å². The van der Waals surface area contributed by atoms with E-state index in [1.807, 2.05) is 6.92 Å². The largest absolute Gasteiger partial charge is 0.387 e. The van der Waals surface area contributed by atoms with Crippen LogP contribution >= 0.6 is 0 Å². The fourth-order valence-electron chi connectivity index (χ4n) is 0.880. The van der Waals surface area contributed by atoms with Gasteiger partial charge in [-0.2, -0.15) is 0 Å². The van der Waals surface area contributed by atoms with Gasteiger partial charge in [-0.15, -0.1) is 0 Å². The molecule has 1 aromatic heterocycles. The molecule has 0 unspecified atom stereocenters. The highest BCUT2D eigenvalue weighted by atomic mass is 16.3. The molecule has 1 atom stereocenters. The van der Waals surface area contributed by atoms with Gasteiger partial charge in [-0.25, -0.2) is 0 Å². The van der Waals surface area contributed by atoms with Gasteiger partial charge < -0.3 is 10.8 Å². The standard InChI is InChI=1S/C8H13N3O/c1-6-4-11-7(5-10-6)8(12)2-3-9/h4-5,8,12H,2-3,9H2,1H3/t8-/m1/s1. The maximum Gasteiger partial charge on any atom is 0.0987 e. The van der Waals surface area contributed by atoms with E-state index in [1.54, 1.807) is 12.4 Å². The zero-order valence-corrected chi connectivity index (χ0v) is 7.07. The number of hydrogen-bond donors (Lipinski definition) is 2. The van der Waals surface area contributed by atoms with Crippen molar-refractivity contribution in [3.63, 3.8) is 0 Å². The number of hydrogen-bond acceptors (Lipinski definition) is 4. The van der Waals surface area contributed by atoms with Crippen molar-refractivity contribution in [2.45, 2.75) is 19.4 Å². The summed E-state index contributed by atoms with van der Waals surface area (Å²) >= 11 is 0. The van der Waals surface area contributed by atoms with E-state index in [4.69, 9.17) is 5.73 Å². The maximum absolute atomic E-state index is 9.43. The Hall–Kier alpha value is -1.00. The first-order valence-corrected chi connectivity index (χ1v) is 3.90. The normalized spacial score (nSPS) is 12.9. The monoisotopic (exact) mass is 167 g/mol. The van der Waals surface area contributed by atoms with Gasteiger partial charge in [-0.3, -0.25) is 9.97 Å². The molecule has 4 heteroatoms. The molecule has 0 aliphatic carbocycles. The molecule has 1 rings (SSSR count). The summed E-state index contributed by atoms with van der Waals surface area (Å²) in [6.45, 7) is 2.31. The van der Waals surface area contributed by atoms with E-state index < -0.39 is 6.10 Å². The molecule has 0 spiro atoms. The van der Waals surface area contributed by atoms with Crippen LogP contribution in [0, 0.1) is 6.92 Å². The molecule has 0 saturated carbocycles. The van der Waals surface area contributed by atoms with Gasteiger partial charge in [0.15, 0.2) is 0 Å². The van der Waals surface area contributed by atoms with Crippen molar-refractivity contribution in [3.8, 4) is 0 Å². The Bertz CT molecular complexity index is 235. The lowest BCUT2D eigenvalue weighted by Gasteiger charge is -2.07. The van der Waals surface area contributed by atoms with Crippen molar-refractivity contribution in [1.29, 1.82) is 0 Å². The van der Waals surface area contributed by atoms with E-state index in [2.05, 4.69) is 9.97 Å². The minimum absolute atomic E-state index is 0.455. The number of aliphatic hydroxyl groups is 1. The molecule has 4 nitrogen and oxygen atoms in total. The van der Waals surface area contributed by atoms with Gasteiger partial charge in [0, 0.05) is 6.20 Å². The predicted molar refractivity (Wildman–Crippen MR) is 45.4 cm³/mol. The Morgan fingerprint density at radius 3 is 2.75 bits per heavy atom. The maximum atomic E-state index is 9.43. The lowest BCUT2D eigenvalue weighted by molar-refractivity contribution is 0.165. The number of rotatable bonds is 3. The molecular weight excluding hydrogens is 154 g/mol.